The predicted octanol–water partition coefficient (Wildman–Crippen LogP) is 3.48. The first kappa shape index (κ1) is 14.7. The number of nitrogens with zero attached hydrogens (tertiary/aromatic N) is 2. The number of hydrogen-bond donors (Lipinski definition) is 0. The van der Waals surface area contributed by atoms with Crippen LogP contribution in [0.3, 0.4) is 0 Å². The lowest BCUT2D eigenvalue weighted by Crippen LogP contribution is -1.91. The van der Waals surface area contributed by atoms with E-state index in [1.54, 1.807) is 0 Å². The molecule has 0 aliphatic heterocycles. The molecule has 0 radical (unpaired) electrons. The van der Waals surface area contributed by atoms with Crippen molar-refractivity contribution in [3.63, 3.8) is 0 Å². The summed E-state index contributed by atoms with van der Waals surface area (Å²) in [5.74, 6) is 0. The van der Waals surface area contributed by atoms with E-state index >= 15 is 0 Å². The third-order valence-corrected chi connectivity index (χ3v) is 1.48. The summed E-state index contributed by atoms with van der Waals surface area (Å²) in [6, 6.07) is 0. The van der Waals surface area contributed by atoms with Crippen LogP contribution in [-0.2, 0) is 7.05 Å². The molecule has 0 saturated heterocycles. The number of rotatable bonds is 0. The van der Waals surface area contributed by atoms with Crippen molar-refractivity contribution < 1.29 is 0 Å². The minimum atomic E-state index is 1.24. The van der Waals surface area contributed by atoms with Gasteiger partial charge in [0.2, 0.25) is 0 Å². The van der Waals surface area contributed by atoms with Crippen LogP contribution in [0.25, 0.3) is 0 Å². The lowest BCUT2D eigenvalue weighted by atomic mass is 10.3. The van der Waals surface area contributed by atoms with Crippen LogP contribution in [0.2, 0.25) is 0 Å². The second-order valence-electron chi connectivity index (χ2n) is 2.74. The summed E-state index contributed by atoms with van der Waals surface area (Å²) in [4.78, 5) is 0. The molecule has 2 nitrogen and oxygen atoms in total. The summed E-state index contributed by atoms with van der Waals surface area (Å²) in [6.45, 7) is 12.4. The normalized spacial score (nSPS) is 7.92. The smallest absolute Gasteiger partial charge is 0.0521 e. The summed E-state index contributed by atoms with van der Waals surface area (Å²) in [5.41, 5.74) is 2.50. The first-order valence-corrected chi connectivity index (χ1v) is 5.08. The van der Waals surface area contributed by atoms with Gasteiger partial charge in [0.1, 0.15) is 0 Å². The molecule has 0 saturated carbocycles. The Labute approximate surface area is 83.0 Å². The second kappa shape index (κ2) is 9.30. The first-order chi connectivity index (χ1) is 6.13. The highest BCUT2D eigenvalue weighted by atomic mass is 15.3. The van der Waals surface area contributed by atoms with Crippen molar-refractivity contribution in [3.05, 3.63) is 17.5 Å². The van der Waals surface area contributed by atoms with Gasteiger partial charge in [-0.05, 0) is 19.4 Å². The van der Waals surface area contributed by atoms with E-state index < -0.39 is 0 Å². The number of aromatic nitrogens is 2. The zero-order chi connectivity index (χ0) is 10.9. The van der Waals surface area contributed by atoms with Gasteiger partial charge in [0.15, 0.2) is 0 Å². The van der Waals surface area contributed by atoms with Crippen molar-refractivity contribution in [2.45, 2.75) is 48.0 Å². The van der Waals surface area contributed by atoms with E-state index in [0.29, 0.717) is 0 Å². The van der Waals surface area contributed by atoms with Crippen molar-refractivity contribution in [1.82, 2.24) is 9.78 Å². The predicted molar refractivity (Wildman–Crippen MR) is 60.0 cm³/mol. The Balaban J connectivity index is 0. The molecule has 0 bridgehead atoms. The Morgan fingerprint density at radius 3 is 1.69 bits per heavy atom. The van der Waals surface area contributed by atoms with Gasteiger partial charge in [-0.25, -0.2) is 0 Å². The summed E-state index contributed by atoms with van der Waals surface area (Å²) < 4.78 is 1.87. The monoisotopic (exact) mass is 184 g/mol. The van der Waals surface area contributed by atoms with Crippen molar-refractivity contribution in [2.75, 3.05) is 0 Å². The third kappa shape index (κ3) is 6.38. The van der Waals surface area contributed by atoms with Gasteiger partial charge < -0.3 is 0 Å². The average molecular weight is 184 g/mol. The summed E-state index contributed by atoms with van der Waals surface area (Å²) in [6.07, 6.45) is 3.12. The Morgan fingerprint density at radius 2 is 1.62 bits per heavy atom. The quantitative estimate of drug-likeness (QED) is 0.603. The van der Waals surface area contributed by atoms with Crippen LogP contribution >= 0.6 is 0 Å². The van der Waals surface area contributed by atoms with Gasteiger partial charge in [-0.1, -0.05) is 34.1 Å². The molecular formula is C11H24N2. The van der Waals surface area contributed by atoms with E-state index in [1.807, 2.05) is 31.8 Å². The van der Waals surface area contributed by atoms with Crippen LogP contribution in [0, 0.1) is 13.8 Å². The van der Waals surface area contributed by atoms with Crippen molar-refractivity contribution >= 4 is 0 Å². The zero-order valence-corrected chi connectivity index (χ0v) is 10.2. The van der Waals surface area contributed by atoms with E-state index in [0.717, 1.165) is 0 Å². The van der Waals surface area contributed by atoms with Crippen LogP contribution < -0.4 is 0 Å². The van der Waals surface area contributed by atoms with Crippen LogP contribution in [0.15, 0.2) is 6.20 Å². The van der Waals surface area contributed by atoms with Gasteiger partial charge in [-0.3, -0.25) is 4.68 Å². The van der Waals surface area contributed by atoms with Crippen LogP contribution in [0.4, 0.5) is 0 Å². The maximum atomic E-state index is 4.03. The molecule has 0 spiro atoms. The van der Waals surface area contributed by atoms with E-state index in [4.69, 9.17) is 0 Å². The molecular weight excluding hydrogens is 160 g/mol. The maximum absolute atomic E-state index is 4.03. The van der Waals surface area contributed by atoms with Gasteiger partial charge >= 0.3 is 0 Å². The lowest BCUT2D eigenvalue weighted by molar-refractivity contribution is 0.739. The van der Waals surface area contributed by atoms with E-state index in [1.165, 1.54) is 17.7 Å². The maximum Gasteiger partial charge on any atom is 0.0521 e. The second-order valence-corrected chi connectivity index (χ2v) is 2.74. The molecule has 0 unspecified atom stereocenters. The molecule has 0 amide bonds. The highest BCUT2D eigenvalue weighted by Gasteiger charge is 1.93. The molecule has 1 rings (SSSR count). The molecule has 2 heteroatoms. The lowest BCUT2D eigenvalue weighted by Gasteiger charge is -1.90. The number of hydrogen-bond acceptors (Lipinski definition) is 1. The van der Waals surface area contributed by atoms with E-state index in [9.17, 15) is 0 Å². The van der Waals surface area contributed by atoms with E-state index in [2.05, 4.69) is 32.8 Å². The summed E-state index contributed by atoms with van der Waals surface area (Å²) >= 11 is 0. The Hall–Kier alpha value is -0.790. The van der Waals surface area contributed by atoms with Gasteiger partial charge in [0, 0.05) is 12.7 Å². The summed E-state index contributed by atoms with van der Waals surface area (Å²) in [7, 11) is 1.95. The van der Waals surface area contributed by atoms with Crippen molar-refractivity contribution in [1.29, 1.82) is 0 Å². The van der Waals surface area contributed by atoms with Gasteiger partial charge in [-0.2, -0.15) is 5.10 Å². The highest BCUT2D eigenvalue weighted by molar-refractivity contribution is 5.12. The molecule has 1 aromatic rings. The fraction of sp³-hybridized carbons (Fsp3) is 0.727. The molecule has 0 aliphatic carbocycles. The average Bonchev–Trinajstić information content (AvgIpc) is 2.42. The minimum absolute atomic E-state index is 1.24. The molecule has 78 valence electrons. The Kier molecular flexibility index (Phi) is 10.5. The van der Waals surface area contributed by atoms with Crippen LogP contribution in [0.5, 0.6) is 0 Å². The standard InChI is InChI=1S/C6H10N2.C3H8.C2H6/c1-5-4-7-8(3)6(5)2;1-3-2;1-2/h4H,1-3H3;3H2,1-2H3;1-2H3. The molecule has 0 aromatic carbocycles. The Bertz CT molecular complexity index is 182. The SMILES string of the molecule is CC.CCC.Cc1cnn(C)c1C. The van der Waals surface area contributed by atoms with Crippen LogP contribution in [-0.4, -0.2) is 9.78 Å². The van der Waals surface area contributed by atoms with Crippen molar-refractivity contribution in [2.24, 2.45) is 7.05 Å². The van der Waals surface area contributed by atoms with Crippen LogP contribution in [0.1, 0.15) is 45.4 Å². The topological polar surface area (TPSA) is 17.8 Å². The Morgan fingerprint density at radius 1 is 1.23 bits per heavy atom. The highest BCUT2D eigenvalue weighted by Crippen LogP contribution is 2.00. The molecule has 1 heterocycles. The molecule has 0 fully saturated rings. The minimum Gasteiger partial charge on any atom is -0.273 e. The first-order valence-electron chi connectivity index (χ1n) is 5.08. The van der Waals surface area contributed by atoms with Gasteiger partial charge in [0.25, 0.3) is 0 Å². The summed E-state index contributed by atoms with van der Waals surface area (Å²) in [5, 5.41) is 4.03. The van der Waals surface area contributed by atoms with E-state index in [-0.39, 0.29) is 0 Å². The van der Waals surface area contributed by atoms with Gasteiger partial charge in [0.05, 0.1) is 6.20 Å². The largest absolute Gasteiger partial charge is 0.273 e. The van der Waals surface area contributed by atoms with Crippen molar-refractivity contribution in [3.8, 4) is 0 Å². The molecule has 0 N–H and O–H groups in total. The number of aryl methyl sites for hydroxylation is 2. The molecule has 0 atom stereocenters. The molecule has 13 heavy (non-hydrogen) atoms. The molecule has 0 aliphatic rings. The van der Waals surface area contributed by atoms with Gasteiger partial charge in [-0.15, -0.1) is 0 Å². The fourth-order valence-electron chi connectivity index (χ4n) is 0.608. The fourth-order valence-corrected chi connectivity index (χ4v) is 0.608. The third-order valence-electron chi connectivity index (χ3n) is 1.48. The zero-order valence-electron chi connectivity index (χ0n) is 10.2. The molecule has 1 aromatic heterocycles.